The molecule has 5 nitrogen and oxygen atoms in total. The summed E-state index contributed by atoms with van der Waals surface area (Å²) in [5, 5.41) is 15.0. The maximum atomic E-state index is 11.9. The van der Waals surface area contributed by atoms with Crippen LogP contribution >= 0.6 is 11.6 Å². The van der Waals surface area contributed by atoms with Crippen LogP contribution in [0.2, 0.25) is 5.02 Å². The molecule has 0 aliphatic carbocycles. The van der Waals surface area contributed by atoms with Gasteiger partial charge in [0.1, 0.15) is 0 Å². The standard InChI is InChI=1S/C15H13ClN2O3/c16-11-6-2-4-8-13(11)17-9-14(19)18-12-7-3-1-5-10(12)15(20)21/h1-8,17H,9H2,(H,18,19)(H,20,21). The first kappa shape index (κ1) is 14.9. The largest absolute Gasteiger partial charge is 0.478 e. The first-order valence-corrected chi connectivity index (χ1v) is 6.56. The molecule has 0 saturated carbocycles. The Morgan fingerprint density at radius 3 is 2.29 bits per heavy atom. The monoisotopic (exact) mass is 304 g/mol. The molecular weight excluding hydrogens is 292 g/mol. The summed E-state index contributed by atoms with van der Waals surface area (Å²) in [6.45, 7) is -0.0162. The van der Waals surface area contributed by atoms with Crippen molar-refractivity contribution in [3.8, 4) is 0 Å². The van der Waals surface area contributed by atoms with Crippen molar-refractivity contribution in [1.29, 1.82) is 0 Å². The van der Waals surface area contributed by atoms with Crippen LogP contribution in [0, 0.1) is 0 Å². The highest BCUT2D eigenvalue weighted by atomic mass is 35.5. The summed E-state index contributed by atoms with van der Waals surface area (Å²) in [7, 11) is 0. The maximum Gasteiger partial charge on any atom is 0.337 e. The number of nitrogens with one attached hydrogen (secondary N) is 2. The summed E-state index contributed by atoms with van der Waals surface area (Å²) in [5.74, 6) is -1.45. The van der Waals surface area contributed by atoms with Crippen molar-refractivity contribution in [3.05, 3.63) is 59.1 Å². The van der Waals surface area contributed by atoms with E-state index in [9.17, 15) is 9.59 Å². The van der Waals surface area contributed by atoms with Crippen LogP contribution in [0.5, 0.6) is 0 Å². The minimum Gasteiger partial charge on any atom is -0.478 e. The van der Waals surface area contributed by atoms with Crippen molar-refractivity contribution in [2.24, 2.45) is 0 Å². The molecule has 1 amide bonds. The van der Waals surface area contributed by atoms with E-state index in [-0.39, 0.29) is 23.7 Å². The SMILES string of the molecule is O=C(CNc1ccccc1Cl)Nc1ccccc1C(=O)O. The van der Waals surface area contributed by atoms with Gasteiger partial charge in [-0.05, 0) is 24.3 Å². The minimum atomic E-state index is -1.09. The number of benzene rings is 2. The molecule has 0 fully saturated rings. The molecule has 6 heteroatoms. The van der Waals surface area contributed by atoms with Crippen molar-refractivity contribution in [1.82, 2.24) is 0 Å². The lowest BCUT2D eigenvalue weighted by atomic mass is 10.2. The average Bonchev–Trinajstić information content (AvgIpc) is 2.47. The van der Waals surface area contributed by atoms with Gasteiger partial charge in [0.25, 0.3) is 0 Å². The molecule has 2 aromatic rings. The Kier molecular flexibility index (Phi) is 4.79. The summed E-state index contributed by atoms with van der Waals surface area (Å²) >= 11 is 5.96. The van der Waals surface area contributed by atoms with Crippen LogP contribution in [0.1, 0.15) is 10.4 Å². The molecule has 0 atom stereocenters. The van der Waals surface area contributed by atoms with Gasteiger partial charge in [-0.3, -0.25) is 4.79 Å². The molecule has 0 radical (unpaired) electrons. The Hall–Kier alpha value is -2.53. The highest BCUT2D eigenvalue weighted by Crippen LogP contribution is 2.20. The van der Waals surface area contributed by atoms with E-state index < -0.39 is 5.97 Å². The zero-order chi connectivity index (χ0) is 15.2. The second-order valence-corrected chi connectivity index (χ2v) is 4.64. The Balaban J connectivity index is 2.00. The van der Waals surface area contributed by atoms with Gasteiger partial charge < -0.3 is 15.7 Å². The topological polar surface area (TPSA) is 78.4 Å². The Bertz CT molecular complexity index is 673. The molecule has 0 saturated heterocycles. The van der Waals surface area contributed by atoms with Gasteiger partial charge in [-0.15, -0.1) is 0 Å². The minimum absolute atomic E-state index is 0.0162. The number of para-hydroxylation sites is 2. The number of aromatic carboxylic acids is 1. The fraction of sp³-hybridized carbons (Fsp3) is 0.0667. The van der Waals surface area contributed by atoms with Crippen molar-refractivity contribution in [3.63, 3.8) is 0 Å². The summed E-state index contributed by atoms with van der Waals surface area (Å²) < 4.78 is 0. The van der Waals surface area contributed by atoms with Crippen LogP contribution in [0.3, 0.4) is 0 Å². The van der Waals surface area contributed by atoms with Gasteiger partial charge in [0.15, 0.2) is 0 Å². The molecule has 0 unspecified atom stereocenters. The predicted octanol–water partition coefficient (Wildman–Crippen LogP) is 3.09. The molecule has 0 aromatic heterocycles. The molecule has 0 aliphatic rings. The van der Waals surface area contributed by atoms with Gasteiger partial charge in [0.2, 0.25) is 5.91 Å². The zero-order valence-electron chi connectivity index (χ0n) is 11.0. The van der Waals surface area contributed by atoms with Crippen LogP contribution in [0.4, 0.5) is 11.4 Å². The van der Waals surface area contributed by atoms with E-state index in [2.05, 4.69) is 10.6 Å². The number of hydrogen-bond donors (Lipinski definition) is 3. The van der Waals surface area contributed by atoms with Gasteiger partial charge in [-0.2, -0.15) is 0 Å². The summed E-state index contributed by atoms with van der Waals surface area (Å²) in [6, 6.07) is 13.3. The van der Waals surface area contributed by atoms with E-state index in [4.69, 9.17) is 16.7 Å². The quantitative estimate of drug-likeness (QED) is 0.793. The summed E-state index contributed by atoms with van der Waals surface area (Å²) in [6.07, 6.45) is 0. The van der Waals surface area contributed by atoms with Crippen molar-refractivity contribution in [2.45, 2.75) is 0 Å². The average molecular weight is 305 g/mol. The van der Waals surface area contributed by atoms with Crippen LogP contribution in [0.15, 0.2) is 48.5 Å². The maximum absolute atomic E-state index is 11.9. The van der Waals surface area contributed by atoms with E-state index >= 15 is 0 Å². The predicted molar refractivity (Wildman–Crippen MR) is 82.0 cm³/mol. The van der Waals surface area contributed by atoms with Gasteiger partial charge in [0, 0.05) is 0 Å². The second-order valence-electron chi connectivity index (χ2n) is 4.23. The Morgan fingerprint density at radius 2 is 1.62 bits per heavy atom. The highest BCUT2D eigenvalue weighted by molar-refractivity contribution is 6.33. The van der Waals surface area contributed by atoms with Crippen LogP contribution in [-0.4, -0.2) is 23.5 Å². The molecule has 0 bridgehead atoms. The molecule has 2 aromatic carbocycles. The van der Waals surface area contributed by atoms with E-state index in [0.29, 0.717) is 10.7 Å². The normalized spacial score (nSPS) is 9.95. The molecule has 0 spiro atoms. The lowest BCUT2D eigenvalue weighted by molar-refractivity contribution is -0.114. The number of halogens is 1. The molecule has 2 rings (SSSR count). The fourth-order valence-electron chi connectivity index (χ4n) is 1.75. The highest BCUT2D eigenvalue weighted by Gasteiger charge is 2.11. The second kappa shape index (κ2) is 6.76. The van der Waals surface area contributed by atoms with E-state index in [1.54, 1.807) is 36.4 Å². The Morgan fingerprint density at radius 1 is 1.00 bits per heavy atom. The third-order valence-corrected chi connectivity index (χ3v) is 3.07. The van der Waals surface area contributed by atoms with Gasteiger partial charge in [-0.25, -0.2) is 4.79 Å². The van der Waals surface area contributed by atoms with Crippen molar-refractivity contribution < 1.29 is 14.7 Å². The van der Waals surface area contributed by atoms with E-state index in [1.807, 2.05) is 0 Å². The lowest BCUT2D eigenvalue weighted by Crippen LogP contribution is -2.23. The first-order chi connectivity index (χ1) is 10.1. The third-order valence-electron chi connectivity index (χ3n) is 2.74. The van der Waals surface area contributed by atoms with Gasteiger partial charge in [0.05, 0.1) is 28.5 Å². The molecule has 21 heavy (non-hydrogen) atoms. The van der Waals surface area contributed by atoms with Crippen LogP contribution in [0.25, 0.3) is 0 Å². The zero-order valence-corrected chi connectivity index (χ0v) is 11.7. The molecule has 3 N–H and O–H groups in total. The number of anilines is 2. The molecule has 108 valence electrons. The number of carbonyl (C=O) groups is 2. The fourth-order valence-corrected chi connectivity index (χ4v) is 1.96. The van der Waals surface area contributed by atoms with Gasteiger partial charge in [-0.1, -0.05) is 35.9 Å². The first-order valence-electron chi connectivity index (χ1n) is 6.18. The number of carboxylic acids is 1. The molecule has 0 heterocycles. The number of hydrogen-bond acceptors (Lipinski definition) is 3. The van der Waals surface area contributed by atoms with Crippen LogP contribution in [-0.2, 0) is 4.79 Å². The lowest BCUT2D eigenvalue weighted by Gasteiger charge is -2.10. The molecular formula is C15H13ClN2O3. The van der Waals surface area contributed by atoms with Gasteiger partial charge >= 0.3 is 5.97 Å². The summed E-state index contributed by atoms with van der Waals surface area (Å²) in [4.78, 5) is 22.9. The van der Waals surface area contributed by atoms with Crippen molar-refractivity contribution in [2.75, 3.05) is 17.2 Å². The Labute approximate surface area is 126 Å². The molecule has 0 aliphatic heterocycles. The van der Waals surface area contributed by atoms with E-state index in [0.717, 1.165) is 0 Å². The third kappa shape index (κ3) is 3.97. The number of carboxylic acid groups (broad SMARTS) is 1. The van der Waals surface area contributed by atoms with Crippen molar-refractivity contribution >= 4 is 34.9 Å². The number of carbonyl (C=O) groups excluding carboxylic acids is 1. The van der Waals surface area contributed by atoms with E-state index in [1.165, 1.54) is 12.1 Å². The number of amides is 1. The summed E-state index contributed by atoms with van der Waals surface area (Å²) in [5.41, 5.74) is 0.945. The van der Waals surface area contributed by atoms with Crippen LogP contribution < -0.4 is 10.6 Å². The smallest absolute Gasteiger partial charge is 0.337 e. The number of rotatable bonds is 5.